The maximum atomic E-state index is 11.6. The van der Waals surface area contributed by atoms with E-state index in [9.17, 15) is 9.59 Å². The summed E-state index contributed by atoms with van der Waals surface area (Å²) in [5.74, 6) is -0.264. The van der Waals surface area contributed by atoms with Crippen LogP contribution in [0.1, 0.15) is 23.8 Å². The molecule has 0 aliphatic rings. The second-order valence-corrected chi connectivity index (χ2v) is 4.31. The number of amides is 1. The normalized spacial score (nSPS) is 10.5. The zero-order valence-corrected chi connectivity index (χ0v) is 11.3. The van der Waals surface area contributed by atoms with Crippen LogP contribution >= 0.6 is 0 Å². The van der Waals surface area contributed by atoms with E-state index in [1.54, 1.807) is 6.92 Å². The van der Waals surface area contributed by atoms with Gasteiger partial charge in [-0.15, -0.1) is 5.10 Å². The molecule has 1 amide bonds. The monoisotopic (exact) mass is 294 g/mol. The number of aliphatic carboxylic acids is 1. The number of carboxylic acid groups (broad SMARTS) is 1. The first kappa shape index (κ1) is 14.6. The van der Waals surface area contributed by atoms with Crippen molar-refractivity contribution in [1.82, 2.24) is 30.5 Å². The summed E-state index contributed by atoms with van der Waals surface area (Å²) in [6.07, 6.45) is 2.04. The molecule has 0 saturated carbocycles. The average molecular weight is 294 g/mol. The minimum absolute atomic E-state index is 0.182. The van der Waals surface area contributed by atoms with Gasteiger partial charge in [-0.05, 0) is 6.92 Å². The van der Waals surface area contributed by atoms with Crippen LogP contribution < -0.4 is 5.32 Å². The summed E-state index contributed by atoms with van der Waals surface area (Å²) >= 11 is 0. The number of carbonyl (C=O) groups is 2. The predicted molar refractivity (Wildman–Crippen MR) is 66.9 cm³/mol. The number of carboxylic acids is 1. The van der Waals surface area contributed by atoms with Gasteiger partial charge in [0.25, 0.3) is 0 Å². The van der Waals surface area contributed by atoms with Gasteiger partial charge in [-0.25, -0.2) is 4.68 Å². The Hall–Kier alpha value is -2.78. The highest BCUT2D eigenvalue weighted by atomic mass is 16.5. The van der Waals surface area contributed by atoms with E-state index in [0.29, 0.717) is 23.8 Å². The fourth-order valence-electron chi connectivity index (χ4n) is 1.57. The highest BCUT2D eigenvalue weighted by molar-refractivity contribution is 5.75. The Morgan fingerprint density at radius 2 is 2.29 bits per heavy atom. The van der Waals surface area contributed by atoms with E-state index < -0.39 is 5.97 Å². The van der Waals surface area contributed by atoms with Gasteiger partial charge in [0.15, 0.2) is 5.82 Å². The molecule has 112 valence electrons. The van der Waals surface area contributed by atoms with Crippen molar-refractivity contribution in [2.24, 2.45) is 0 Å². The van der Waals surface area contributed by atoms with Crippen LogP contribution in [-0.4, -0.2) is 42.1 Å². The summed E-state index contributed by atoms with van der Waals surface area (Å²) in [6, 6.07) is 0. The van der Waals surface area contributed by atoms with Crippen molar-refractivity contribution in [3.8, 4) is 0 Å². The topological polar surface area (TPSA) is 136 Å². The molecule has 2 aromatic heterocycles. The number of aryl methyl sites for hydroxylation is 2. The van der Waals surface area contributed by atoms with Gasteiger partial charge in [-0.1, -0.05) is 10.4 Å². The quantitative estimate of drug-likeness (QED) is 0.684. The van der Waals surface area contributed by atoms with Crippen LogP contribution in [0.25, 0.3) is 0 Å². The molecule has 2 aromatic rings. The summed E-state index contributed by atoms with van der Waals surface area (Å²) < 4.78 is 6.08. The third-order valence-electron chi connectivity index (χ3n) is 2.49. The molecule has 2 rings (SSSR count). The number of hydrogen-bond donors (Lipinski definition) is 2. The molecule has 0 spiro atoms. The van der Waals surface area contributed by atoms with Crippen LogP contribution in [0.3, 0.4) is 0 Å². The van der Waals surface area contributed by atoms with Crippen LogP contribution in [0.4, 0.5) is 0 Å². The second kappa shape index (κ2) is 6.59. The Balaban J connectivity index is 1.73. The van der Waals surface area contributed by atoms with Gasteiger partial charge in [0.2, 0.25) is 11.8 Å². The summed E-state index contributed by atoms with van der Waals surface area (Å²) in [7, 11) is 0. The van der Waals surface area contributed by atoms with Crippen LogP contribution in [0.2, 0.25) is 0 Å². The first-order chi connectivity index (χ1) is 10.0. The van der Waals surface area contributed by atoms with Crippen molar-refractivity contribution in [2.45, 2.75) is 32.9 Å². The first-order valence-electron chi connectivity index (χ1n) is 6.19. The van der Waals surface area contributed by atoms with Crippen molar-refractivity contribution in [3.63, 3.8) is 0 Å². The van der Waals surface area contributed by atoms with E-state index in [1.165, 1.54) is 10.9 Å². The van der Waals surface area contributed by atoms with E-state index in [-0.39, 0.29) is 25.4 Å². The minimum Gasteiger partial charge on any atom is -0.480 e. The molecule has 0 bridgehead atoms. The highest BCUT2D eigenvalue weighted by Crippen LogP contribution is 2.00. The largest absolute Gasteiger partial charge is 0.480 e. The summed E-state index contributed by atoms with van der Waals surface area (Å²) in [5, 5.41) is 22.3. The number of nitrogens with zero attached hydrogens (tertiary/aromatic N) is 5. The molecule has 0 saturated heterocycles. The van der Waals surface area contributed by atoms with Gasteiger partial charge in [0.05, 0.1) is 12.7 Å². The molecular weight excluding hydrogens is 280 g/mol. The predicted octanol–water partition coefficient (Wildman–Crippen LogP) is -0.697. The lowest BCUT2D eigenvalue weighted by Crippen LogP contribution is -2.23. The van der Waals surface area contributed by atoms with E-state index >= 15 is 0 Å². The third-order valence-corrected chi connectivity index (χ3v) is 2.49. The van der Waals surface area contributed by atoms with Crippen molar-refractivity contribution in [2.75, 3.05) is 0 Å². The molecule has 2 heterocycles. The standard InChI is InChI=1S/C11H14N6O4/c1-7-13-10(21-15-7)3-2-9(18)12-4-8-5-17(16-14-8)6-11(19)20/h5H,2-4,6H2,1H3,(H,12,18)(H,19,20). The number of hydrogen-bond acceptors (Lipinski definition) is 7. The summed E-state index contributed by atoms with van der Waals surface area (Å²) in [4.78, 5) is 26.1. The molecule has 21 heavy (non-hydrogen) atoms. The maximum Gasteiger partial charge on any atom is 0.325 e. The van der Waals surface area contributed by atoms with E-state index in [2.05, 4.69) is 25.8 Å². The van der Waals surface area contributed by atoms with Crippen molar-refractivity contribution in [3.05, 3.63) is 23.6 Å². The average Bonchev–Trinajstić information content (AvgIpc) is 3.02. The second-order valence-electron chi connectivity index (χ2n) is 4.31. The van der Waals surface area contributed by atoms with Gasteiger partial charge < -0.3 is 14.9 Å². The van der Waals surface area contributed by atoms with Gasteiger partial charge in [0, 0.05) is 12.8 Å². The molecule has 0 aliphatic heterocycles. The maximum absolute atomic E-state index is 11.6. The fraction of sp³-hybridized carbons (Fsp3) is 0.455. The van der Waals surface area contributed by atoms with Crippen molar-refractivity contribution >= 4 is 11.9 Å². The Bertz CT molecular complexity index is 634. The Labute approximate surface area is 119 Å². The molecule has 0 atom stereocenters. The molecule has 2 N–H and O–H groups in total. The first-order valence-corrected chi connectivity index (χ1v) is 6.19. The Morgan fingerprint density at radius 3 is 2.95 bits per heavy atom. The number of carbonyl (C=O) groups excluding carboxylic acids is 1. The smallest absolute Gasteiger partial charge is 0.325 e. The molecule has 0 aromatic carbocycles. The van der Waals surface area contributed by atoms with Gasteiger partial charge in [0.1, 0.15) is 12.2 Å². The lowest BCUT2D eigenvalue weighted by Gasteiger charge is -2.00. The van der Waals surface area contributed by atoms with Gasteiger partial charge in [-0.2, -0.15) is 4.98 Å². The molecule has 10 heteroatoms. The van der Waals surface area contributed by atoms with E-state index in [0.717, 1.165) is 0 Å². The molecule has 0 aliphatic carbocycles. The SMILES string of the molecule is Cc1noc(CCC(=O)NCc2cn(CC(=O)O)nn2)n1. The zero-order valence-electron chi connectivity index (χ0n) is 11.3. The summed E-state index contributed by atoms with van der Waals surface area (Å²) in [6.45, 7) is 1.62. The van der Waals surface area contributed by atoms with Crippen LogP contribution in [0.15, 0.2) is 10.7 Å². The number of aromatic nitrogens is 5. The molecule has 0 unspecified atom stereocenters. The van der Waals surface area contributed by atoms with Crippen LogP contribution in [0, 0.1) is 6.92 Å². The summed E-state index contributed by atoms with van der Waals surface area (Å²) in [5.41, 5.74) is 0.484. The van der Waals surface area contributed by atoms with Crippen molar-refractivity contribution in [1.29, 1.82) is 0 Å². The highest BCUT2D eigenvalue weighted by Gasteiger charge is 2.09. The number of rotatable bonds is 7. The number of nitrogens with one attached hydrogen (secondary N) is 1. The molecule has 10 nitrogen and oxygen atoms in total. The van der Waals surface area contributed by atoms with Gasteiger partial charge >= 0.3 is 5.97 Å². The molecule has 0 radical (unpaired) electrons. The Kier molecular flexibility index (Phi) is 4.59. The van der Waals surface area contributed by atoms with Crippen molar-refractivity contribution < 1.29 is 19.2 Å². The minimum atomic E-state index is -1.01. The molecular formula is C11H14N6O4. The van der Waals surface area contributed by atoms with E-state index in [1.807, 2.05) is 0 Å². The molecule has 0 fully saturated rings. The zero-order chi connectivity index (χ0) is 15.2. The Morgan fingerprint density at radius 1 is 1.48 bits per heavy atom. The lowest BCUT2D eigenvalue weighted by atomic mass is 10.3. The van der Waals surface area contributed by atoms with Crippen LogP contribution in [0.5, 0.6) is 0 Å². The van der Waals surface area contributed by atoms with E-state index in [4.69, 9.17) is 9.63 Å². The lowest BCUT2D eigenvalue weighted by molar-refractivity contribution is -0.138. The van der Waals surface area contributed by atoms with Gasteiger partial charge in [-0.3, -0.25) is 9.59 Å². The van der Waals surface area contributed by atoms with Crippen LogP contribution in [-0.2, 0) is 29.1 Å². The fourth-order valence-corrected chi connectivity index (χ4v) is 1.57. The third kappa shape index (κ3) is 4.67.